The first-order valence-corrected chi connectivity index (χ1v) is 5.11. The lowest BCUT2D eigenvalue weighted by atomic mass is 10.0. The van der Waals surface area contributed by atoms with Crippen LogP contribution in [0.1, 0.15) is 30.6 Å². The van der Waals surface area contributed by atoms with Crippen molar-refractivity contribution in [3.05, 3.63) is 29.6 Å². The summed E-state index contributed by atoms with van der Waals surface area (Å²) in [5.74, 6) is 7.04. The second-order valence-corrected chi connectivity index (χ2v) is 4.25. The third kappa shape index (κ3) is 1.79. The molecule has 1 aromatic rings. The minimum atomic E-state index is 0.276. The van der Waals surface area contributed by atoms with Gasteiger partial charge in [0.2, 0.25) is 0 Å². The van der Waals surface area contributed by atoms with Crippen molar-refractivity contribution in [1.82, 2.24) is 10.4 Å². The van der Waals surface area contributed by atoms with Gasteiger partial charge in [-0.25, -0.2) is 0 Å². The number of nitrogens with one attached hydrogen (secondary N) is 1. The molecule has 1 heterocycles. The first-order valence-electron chi connectivity index (χ1n) is 5.11. The minimum Gasteiger partial charge on any atom is -0.271 e. The Morgan fingerprint density at radius 3 is 2.71 bits per heavy atom. The Kier molecular flexibility index (Phi) is 2.52. The Labute approximate surface area is 84.7 Å². The van der Waals surface area contributed by atoms with Gasteiger partial charge >= 0.3 is 0 Å². The molecule has 1 aliphatic carbocycles. The maximum absolute atomic E-state index is 5.57. The van der Waals surface area contributed by atoms with E-state index >= 15 is 0 Å². The summed E-state index contributed by atoms with van der Waals surface area (Å²) in [5, 5.41) is 0. The summed E-state index contributed by atoms with van der Waals surface area (Å²) in [6, 6.07) is 4.42. The molecule has 3 heteroatoms. The van der Waals surface area contributed by atoms with Crippen LogP contribution in [0.15, 0.2) is 18.3 Å². The smallest absolute Gasteiger partial charge is 0.0506 e. The molecule has 1 fully saturated rings. The van der Waals surface area contributed by atoms with Crippen LogP contribution in [0.25, 0.3) is 0 Å². The first-order chi connectivity index (χ1) is 6.72. The van der Waals surface area contributed by atoms with Crippen LogP contribution < -0.4 is 11.3 Å². The zero-order valence-electron chi connectivity index (χ0n) is 8.70. The highest BCUT2D eigenvalue weighted by atomic mass is 15.2. The van der Waals surface area contributed by atoms with E-state index in [1.165, 1.54) is 12.0 Å². The summed E-state index contributed by atoms with van der Waals surface area (Å²) in [6.45, 7) is 4.25. The van der Waals surface area contributed by atoms with Crippen LogP contribution in [0.3, 0.4) is 0 Å². The van der Waals surface area contributed by atoms with Crippen LogP contribution in [0.5, 0.6) is 0 Å². The molecule has 14 heavy (non-hydrogen) atoms. The molecule has 3 nitrogen and oxygen atoms in total. The lowest BCUT2D eigenvalue weighted by Gasteiger charge is -2.15. The van der Waals surface area contributed by atoms with Gasteiger partial charge in [-0.2, -0.15) is 0 Å². The van der Waals surface area contributed by atoms with Gasteiger partial charge in [-0.3, -0.25) is 16.3 Å². The van der Waals surface area contributed by atoms with Gasteiger partial charge in [-0.05, 0) is 36.8 Å². The van der Waals surface area contributed by atoms with Gasteiger partial charge in [-0.15, -0.1) is 0 Å². The van der Waals surface area contributed by atoms with Crippen LogP contribution in [-0.2, 0) is 0 Å². The molecule has 0 aromatic carbocycles. The summed E-state index contributed by atoms with van der Waals surface area (Å²) < 4.78 is 0. The Hall–Kier alpha value is -0.930. The lowest BCUT2D eigenvalue weighted by Crippen LogP contribution is -2.30. The Morgan fingerprint density at radius 2 is 2.29 bits per heavy atom. The molecule has 0 bridgehead atoms. The maximum Gasteiger partial charge on any atom is 0.0506 e. The molecule has 3 N–H and O–H groups in total. The van der Waals surface area contributed by atoms with Crippen LogP contribution in [0.2, 0.25) is 0 Å². The zero-order chi connectivity index (χ0) is 10.1. The molecule has 3 unspecified atom stereocenters. The van der Waals surface area contributed by atoms with Crippen molar-refractivity contribution in [2.24, 2.45) is 17.7 Å². The molecule has 0 amide bonds. The van der Waals surface area contributed by atoms with Gasteiger partial charge in [0.05, 0.1) is 6.04 Å². The van der Waals surface area contributed by atoms with Gasteiger partial charge in [0.25, 0.3) is 0 Å². The average Bonchev–Trinajstić information content (AvgIpc) is 2.88. The summed E-state index contributed by atoms with van der Waals surface area (Å²) in [7, 11) is 0. The molecular formula is C11H17N3. The maximum atomic E-state index is 5.57. The molecule has 1 saturated carbocycles. The fraction of sp³-hybridized carbons (Fsp3) is 0.545. The van der Waals surface area contributed by atoms with E-state index in [4.69, 9.17) is 5.84 Å². The number of aromatic nitrogens is 1. The van der Waals surface area contributed by atoms with Gasteiger partial charge in [0.1, 0.15) is 0 Å². The van der Waals surface area contributed by atoms with Crippen LogP contribution in [-0.4, -0.2) is 4.98 Å². The van der Waals surface area contributed by atoms with E-state index in [1.54, 1.807) is 0 Å². The molecule has 2 rings (SSSR count). The predicted molar refractivity (Wildman–Crippen MR) is 56.3 cm³/mol. The van der Waals surface area contributed by atoms with E-state index in [0.717, 1.165) is 11.6 Å². The van der Waals surface area contributed by atoms with Crippen molar-refractivity contribution in [1.29, 1.82) is 0 Å². The van der Waals surface area contributed by atoms with E-state index in [-0.39, 0.29) is 6.04 Å². The molecule has 0 saturated heterocycles. The fourth-order valence-electron chi connectivity index (χ4n) is 1.95. The van der Waals surface area contributed by atoms with Crippen molar-refractivity contribution >= 4 is 0 Å². The first kappa shape index (κ1) is 9.62. The lowest BCUT2D eigenvalue weighted by molar-refractivity contribution is 0.474. The minimum absolute atomic E-state index is 0.276. The van der Waals surface area contributed by atoms with Crippen molar-refractivity contribution in [2.75, 3.05) is 0 Å². The van der Waals surface area contributed by atoms with E-state index < -0.39 is 0 Å². The fourth-order valence-corrected chi connectivity index (χ4v) is 1.95. The number of nitrogens with zero attached hydrogens (tertiary/aromatic N) is 1. The normalized spacial score (nSPS) is 27.4. The van der Waals surface area contributed by atoms with Crippen molar-refractivity contribution in [2.45, 2.75) is 26.3 Å². The van der Waals surface area contributed by atoms with Gasteiger partial charge in [-0.1, -0.05) is 13.0 Å². The van der Waals surface area contributed by atoms with Gasteiger partial charge in [0, 0.05) is 11.9 Å². The average molecular weight is 191 g/mol. The largest absolute Gasteiger partial charge is 0.271 e. The molecule has 3 atom stereocenters. The van der Waals surface area contributed by atoms with Crippen LogP contribution >= 0.6 is 0 Å². The van der Waals surface area contributed by atoms with Gasteiger partial charge in [0.15, 0.2) is 0 Å². The Morgan fingerprint density at radius 1 is 1.57 bits per heavy atom. The number of hydrogen-bond donors (Lipinski definition) is 2. The van der Waals surface area contributed by atoms with Gasteiger partial charge < -0.3 is 0 Å². The monoisotopic (exact) mass is 191 g/mol. The number of nitrogens with two attached hydrogens (primary N) is 1. The number of rotatable bonds is 3. The summed E-state index contributed by atoms with van der Waals surface area (Å²) >= 11 is 0. The molecular weight excluding hydrogens is 174 g/mol. The standard InChI is InChI=1S/C11H17N3/c1-7-5-10(7)11(14-12)9-4-3-8(2)13-6-9/h3-4,6-7,10-11,14H,5,12H2,1-2H3. The molecule has 0 spiro atoms. The topological polar surface area (TPSA) is 50.9 Å². The molecule has 1 aromatic heterocycles. The van der Waals surface area contributed by atoms with Crippen LogP contribution in [0.4, 0.5) is 0 Å². The van der Waals surface area contributed by atoms with E-state index in [9.17, 15) is 0 Å². The van der Waals surface area contributed by atoms with Crippen molar-refractivity contribution in [3.63, 3.8) is 0 Å². The molecule has 0 aliphatic heterocycles. The Bertz CT molecular complexity index is 307. The van der Waals surface area contributed by atoms with E-state index in [2.05, 4.69) is 23.4 Å². The third-order valence-electron chi connectivity index (χ3n) is 3.07. The van der Waals surface area contributed by atoms with Crippen LogP contribution in [0, 0.1) is 18.8 Å². The highest BCUT2D eigenvalue weighted by Crippen LogP contribution is 2.46. The number of aryl methyl sites for hydroxylation is 1. The second kappa shape index (κ2) is 3.67. The van der Waals surface area contributed by atoms with E-state index in [0.29, 0.717) is 5.92 Å². The third-order valence-corrected chi connectivity index (χ3v) is 3.07. The molecule has 1 aliphatic rings. The molecule has 0 radical (unpaired) electrons. The zero-order valence-corrected chi connectivity index (χ0v) is 8.70. The quantitative estimate of drug-likeness (QED) is 0.563. The predicted octanol–water partition coefficient (Wildman–Crippen LogP) is 1.55. The number of hydrazine groups is 1. The number of pyridine rings is 1. The summed E-state index contributed by atoms with van der Waals surface area (Å²) in [5.41, 5.74) is 5.14. The SMILES string of the molecule is Cc1ccc(C(NN)C2CC2C)cn1. The second-order valence-electron chi connectivity index (χ2n) is 4.25. The van der Waals surface area contributed by atoms with Crippen molar-refractivity contribution in [3.8, 4) is 0 Å². The number of hydrogen-bond acceptors (Lipinski definition) is 3. The molecule has 76 valence electrons. The summed E-state index contributed by atoms with van der Waals surface area (Å²) in [6.07, 6.45) is 3.19. The highest BCUT2D eigenvalue weighted by molar-refractivity contribution is 5.19. The van der Waals surface area contributed by atoms with Crippen molar-refractivity contribution < 1.29 is 0 Å². The van der Waals surface area contributed by atoms with E-state index in [1.807, 2.05) is 19.2 Å². The highest BCUT2D eigenvalue weighted by Gasteiger charge is 2.39. The Balaban J connectivity index is 2.15. The summed E-state index contributed by atoms with van der Waals surface area (Å²) in [4.78, 5) is 4.29.